The fraction of sp³-hybridized carbons (Fsp3) is 0.714. The van der Waals surface area contributed by atoms with Crippen LogP contribution in [-0.4, -0.2) is 23.1 Å². The molecule has 1 saturated carbocycles. The zero-order valence-electron chi connectivity index (χ0n) is 11.1. The average molecular weight is 246 g/mol. The summed E-state index contributed by atoms with van der Waals surface area (Å²) in [6.07, 6.45) is 7.88. The number of nitrogens with zero attached hydrogens (tertiary/aromatic N) is 3. The monoisotopic (exact) mass is 246 g/mol. The predicted octanol–water partition coefficient (Wildman–Crippen LogP) is 2.25. The van der Waals surface area contributed by atoms with Gasteiger partial charge >= 0.3 is 0 Å². The molecular formula is C14H22N4. The van der Waals surface area contributed by atoms with E-state index in [1.54, 1.807) is 6.33 Å². The molecule has 18 heavy (non-hydrogen) atoms. The molecule has 0 spiro atoms. The van der Waals surface area contributed by atoms with Gasteiger partial charge in [-0.2, -0.15) is 0 Å². The van der Waals surface area contributed by atoms with E-state index in [0.29, 0.717) is 5.82 Å². The van der Waals surface area contributed by atoms with Gasteiger partial charge in [-0.05, 0) is 31.1 Å². The molecule has 3 rings (SSSR count). The molecule has 0 aromatic carbocycles. The van der Waals surface area contributed by atoms with Gasteiger partial charge in [-0.3, -0.25) is 0 Å². The fourth-order valence-electron chi connectivity index (χ4n) is 3.59. The molecule has 2 N–H and O–H groups in total. The summed E-state index contributed by atoms with van der Waals surface area (Å²) in [5, 5.41) is 0. The largest absolute Gasteiger partial charge is 0.383 e. The van der Waals surface area contributed by atoms with Crippen LogP contribution >= 0.6 is 0 Å². The molecule has 1 saturated heterocycles. The van der Waals surface area contributed by atoms with Gasteiger partial charge in [0, 0.05) is 18.7 Å². The van der Waals surface area contributed by atoms with E-state index in [1.807, 2.05) is 0 Å². The first-order chi connectivity index (χ1) is 8.79. The lowest BCUT2D eigenvalue weighted by Crippen LogP contribution is -2.24. The van der Waals surface area contributed by atoms with Gasteiger partial charge in [0.05, 0.1) is 0 Å². The first kappa shape index (κ1) is 11.8. The maximum atomic E-state index is 6.01. The third-order valence-corrected chi connectivity index (χ3v) is 4.48. The molecule has 2 heterocycles. The highest BCUT2D eigenvalue weighted by Crippen LogP contribution is 2.40. The summed E-state index contributed by atoms with van der Waals surface area (Å²) >= 11 is 0. The highest BCUT2D eigenvalue weighted by atomic mass is 15.2. The van der Waals surface area contributed by atoms with Crippen LogP contribution in [0.4, 0.5) is 11.6 Å². The summed E-state index contributed by atoms with van der Waals surface area (Å²) in [5.41, 5.74) is 7.17. The molecule has 1 aromatic heterocycles. The Morgan fingerprint density at radius 2 is 2.00 bits per heavy atom. The third kappa shape index (κ3) is 1.93. The van der Waals surface area contributed by atoms with Crippen molar-refractivity contribution in [3.05, 3.63) is 11.9 Å². The Kier molecular flexibility index (Phi) is 3.10. The standard InChI is InChI=1S/C14H22N4/c1-2-4-12-13(15)16-9-17-14(12)18-7-10-5-3-6-11(10)8-18/h9-11H,2-8H2,1H3,(H2,15,16,17). The molecule has 98 valence electrons. The van der Waals surface area contributed by atoms with Crippen molar-refractivity contribution in [2.75, 3.05) is 23.7 Å². The molecule has 4 nitrogen and oxygen atoms in total. The number of fused-ring (bicyclic) bond motifs is 1. The Bertz CT molecular complexity index is 420. The van der Waals surface area contributed by atoms with Gasteiger partial charge in [0.25, 0.3) is 0 Å². The van der Waals surface area contributed by atoms with Crippen LogP contribution in [0.5, 0.6) is 0 Å². The number of rotatable bonds is 3. The van der Waals surface area contributed by atoms with Crippen LogP contribution in [-0.2, 0) is 6.42 Å². The number of nitrogen functional groups attached to an aromatic ring is 1. The summed E-state index contributed by atoms with van der Waals surface area (Å²) in [6, 6.07) is 0. The third-order valence-electron chi connectivity index (χ3n) is 4.48. The normalized spacial score (nSPS) is 26.6. The number of hydrogen-bond donors (Lipinski definition) is 1. The van der Waals surface area contributed by atoms with E-state index in [2.05, 4.69) is 21.8 Å². The van der Waals surface area contributed by atoms with E-state index < -0.39 is 0 Å². The second-order valence-electron chi connectivity index (χ2n) is 5.67. The summed E-state index contributed by atoms with van der Waals surface area (Å²) in [6.45, 7) is 4.50. The van der Waals surface area contributed by atoms with Crippen molar-refractivity contribution in [3.63, 3.8) is 0 Å². The maximum Gasteiger partial charge on any atom is 0.137 e. The minimum atomic E-state index is 0.666. The molecule has 2 fully saturated rings. The van der Waals surface area contributed by atoms with E-state index >= 15 is 0 Å². The molecule has 0 bridgehead atoms. The lowest BCUT2D eigenvalue weighted by atomic mass is 10.0. The summed E-state index contributed by atoms with van der Waals surface area (Å²) < 4.78 is 0. The predicted molar refractivity (Wildman–Crippen MR) is 73.5 cm³/mol. The summed E-state index contributed by atoms with van der Waals surface area (Å²) in [7, 11) is 0. The van der Waals surface area contributed by atoms with Crippen LogP contribution in [0.1, 0.15) is 38.2 Å². The van der Waals surface area contributed by atoms with Crippen LogP contribution in [0, 0.1) is 11.8 Å². The van der Waals surface area contributed by atoms with Gasteiger partial charge < -0.3 is 10.6 Å². The number of nitrogens with two attached hydrogens (primary N) is 1. The molecule has 0 radical (unpaired) electrons. The lowest BCUT2D eigenvalue weighted by molar-refractivity contribution is 0.494. The van der Waals surface area contributed by atoms with Crippen LogP contribution in [0.2, 0.25) is 0 Å². The van der Waals surface area contributed by atoms with Crippen LogP contribution in [0.15, 0.2) is 6.33 Å². The van der Waals surface area contributed by atoms with Crippen molar-refractivity contribution in [2.24, 2.45) is 11.8 Å². The first-order valence-corrected chi connectivity index (χ1v) is 7.14. The van der Waals surface area contributed by atoms with Crippen molar-refractivity contribution in [1.29, 1.82) is 0 Å². The number of hydrogen-bond acceptors (Lipinski definition) is 4. The SMILES string of the molecule is CCCc1c(N)ncnc1N1CC2CCCC2C1. The smallest absolute Gasteiger partial charge is 0.137 e. The van der Waals surface area contributed by atoms with E-state index in [9.17, 15) is 0 Å². The molecular weight excluding hydrogens is 224 g/mol. The van der Waals surface area contributed by atoms with Crippen LogP contribution < -0.4 is 10.6 Å². The van der Waals surface area contributed by atoms with Gasteiger partial charge in [0.15, 0.2) is 0 Å². The van der Waals surface area contributed by atoms with Gasteiger partial charge in [-0.15, -0.1) is 0 Å². The molecule has 1 aliphatic carbocycles. The zero-order valence-corrected chi connectivity index (χ0v) is 11.1. The quantitative estimate of drug-likeness (QED) is 0.888. The van der Waals surface area contributed by atoms with Gasteiger partial charge in [-0.25, -0.2) is 9.97 Å². The van der Waals surface area contributed by atoms with Gasteiger partial charge in [0.1, 0.15) is 18.0 Å². The topological polar surface area (TPSA) is 55.0 Å². The van der Waals surface area contributed by atoms with E-state index in [-0.39, 0.29) is 0 Å². The summed E-state index contributed by atoms with van der Waals surface area (Å²) in [4.78, 5) is 11.1. The highest BCUT2D eigenvalue weighted by molar-refractivity contribution is 5.57. The molecule has 0 amide bonds. The lowest BCUT2D eigenvalue weighted by Gasteiger charge is -2.21. The Morgan fingerprint density at radius 1 is 1.28 bits per heavy atom. The Balaban J connectivity index is 1.86. The molecule has 2 unspecified atom stereocenters. The maximum absolute atomic E-state index is 6.01. The number of anilines is 2. The second kappa shape index (κ2) is 4.75. The molecule has 2 atom stereocenters. The minimum absolute atomic E-state index is 0.666. The van der Waals surface area contributed by atoms with Gasteiger partial charge in [0.2, 0.25) is 0 Å². The van der Waals surface area contributed by atoms with Crippen LogP contribution in [0.25, 0.3) is 0 Å². The minimum Gasteiger partial charge on any atom is -0.383 e. The van der Waals surface area contributed by atoms with E-state index in [1.165, 1.54) is 19.3 Å². The Labute approximate surface area is 109 Å². The molecule has 4 heteroatoms. The Hall–Kier alpha value is -1.32. The highest BCUT2D eigenvalue weighted by Gasteiger charge is 2.37. The fourth-order valence-corrected chi connectivity index (χ4v) is 3.59. The second-order valence-corrected chi connectivity index (χ2v) is 5.67. The zero-order chi connectivity index (χ0) is 12.5. The molecule has 1 aliphatic heterocycles. The van der Waals surface area contributed by atoms with E-state index in [4.69, 9.17) is 5.73 Å². The number of aromatic nitrogens is 2. The molecule has 2 aliphatic rings. The van der Waals surface area contributed by atoms with Crippen LogP contribution in [0.3, 0.4) is 0 Å². The van der Waals surface area contributed by atoms with Crippen molar-refractivity contribution in [3.8, 4) is 0 Å². The molecule has 1 aromatic rings. The van der Waals surface area contributed by atoms with Crippen molar-refractivity contribution >= 4 is 11.6 Å². The van der Waals surface area contributed by atoms with Crippen molar-refractivity contribution < 1.29 is 0 Å². The van der Waals surface area contributed by atoms with Crippen molar-refractivity contribution in [2.45, 2.75) is 39.0 Å². The van der Waals surface area contributed by atoms with Gasteiger partial charge in [-0.1, -0.05) is 19.8 Å². The van der Waals surface area contributed by atoms with Crippen molar-refractivity contribution in [1.82, 2.24) is 9.97 Å². The Morgan fingerprint density at radius 3 is 2.67 bits per heavy atom. The summed E-state index contributed by atoms with van der Waals surface area (Å²) in [5.74, 6) is 3.53. The first-order valence-electron chi connectivity index (χ1n) is 7.14. The van der Waals surface area contributed by atoms with E-state index in [0.717, 1.165) is 49.1 Å². The average Bonchev–Trinajstić information content (AvgIpc) is 2.92.